The van der Waals surface area contributed by atoms with Crippen molar-refractivity contribution in [3.63, 3.8) is 0 Å². The third kappa shape index (κ3) is 3.96. The number of nitrogens with one attached hydrogen (secondary N) is 1. The van der Waals surface area contributed by atoms with Gasteiger partial charge in [-0.1, -0.05) is 13.8 Å². The molecule has 1 aromatic carbocycles. The van der Waals surface area contributed by atoms with Crippen molar-refractivity contribution in [3.8, 4) is 0 Å². The molecule has 0 aliphatic carbocycles. The van der Waals surface area contributed by atoms with E-state index in [1.54, 1.807) is 0 Å². The molecule has 0 radical (unpaired) electrons. The average molecular weight is 275 g/mol. The molecule has 0 spiro atoms. The Balaban J connectivity index is 2.86. The number of benzene rings is 1. The Morgan fingerprint density at radius 3 is 2.42 bits per heavy atom. The normalized spacial score (nSPS) is 12.6. The Morgan fingerprint density at radius 1 is 1.26 bits per heavy atom. The lowest BCUT2D eigenvalue weighted by Crippen LogP contribution is -2.38. The molecule has 1 aromatic rings. The summed E-state index contributed by atoms with van der Waals surface area (Å²) >= 11 is 0. The van der Waals surface area contributed by atoms with Crippen LogP contribution in [0.2, 0.25) is 0 Å². The number of aliphatic hydroxyl groups is 1. The first-order valence-electron chi connectivity index (χ1n) is 5.92. The Hall–Kier alpha value is -1.56. The van der Waals surface area contributed by atoms with E-state index in [1.165, 1.54) is 0 Å². The molecule has 0 fully saturated rings. The zero-order valence-electron chi connectivity index (χ0n) is 10.7. The fraction of sp³-hybridized carbons (Fsp3) is 0.462. The molecule has 1 rings (SSSR count). The fourth-order valence-corrected chi connectivity index (χ4v) is 1.71. The van der Waals surface area contributed by atoms with Gasteiger partial charge in [-0.15, -0.1) is 0 Å². The first-order chi connectivity index (χ1) is 8.86. The van der Waals surface area contributed by atoms with Crippen LogP contribution in [0.4, 0.5) is 13.2 Å². The number of carbonyl (C=O) groups excluding carboxylic acids is 1. The predicted octanol–water partition coefficient (Wildman–Crippen LogP) is 2.24. The third-order valence-electron chi connectivity index (χ3n) is 2.59. The zero-order chi connectivity index (χ0) is 14.6. The second kappa shape index (κ2) is 6.56. The summed E-state index contributed by atoms with van der Waals surface area (Å²) in [6, 6.07) is 0.997. The van der Waals surface area contributed by atoms with E-state index in [2.05, 4.69) is 5.32 Å². The zero-order valence-corrected chi connectivity index (χ0v) is 10.7. The van der Waals surface area contributed by atoms with Crippen LogP contribution in [0.15, 0.2) is 12.1 Å². The smallest absolute Gasteiger partial charge is 0.254 e. The summed E-state index contributed by atoms with van der Waals surface area (Å²) in [6.45, 7) is 3.48. The molecule has 0 saturated heterocycles. The van der Waals surface area contributed by atoms with E-state index in [1.807, 2.05) is 13.8 Å². The lowest BCUT2D eigenvalue weighted by molar-refractivity contribution is 0.0903. The molecule has 1 atom stereocenters. The van der Waals surface area contributed by atoms with Gasteiger partial charge in [0, 0.05) is 0 Å². The maximum absolute atomic E-state index is 13.4. The van der Waals surface area contributed by atoms with E-state index in [9.17, 15) is 18.0 Å². The SMILES string of the molecule is CC(C)CC(CO)NC(=O)c1ccc(F)c(F)c1F. The highest BCUT2D eigenvalue weighted by molar-refractivity contribution is 5.94. The Labute approximate surface area is 109 Å². The minimum Gasteiger partial charge on any atom is -0.394 e. The van der Waals surface area contributed by atoms with Crippen molar-refractivity contribution >= 4 is 5.91 Å². The fourth-order valence-electron chi connectivity index (χ4n) is 1.71. The van der Waals surface area contributed by atoms with Crippen LogP contribution in [-0.2, 0) is 0 Å². The van der Waals surface area contributed by atoms with Gasteiger partial charge in [0.2, 0.25) is 0 Å². The largest absolute Gasteiger partial charge is 0.394 e. The van der Waals surface area contributed by atoms with Crippen molar-refractivity contribution in [1.82, 2.24) is 5.32 Å². The monoisotopic (exact) mass is 275 g/mol. The number of aliphatic hydroxyl groups excluding tert-OH is 1. The van der Waals surface area contributed by atoms with Crippen LogP contribution < -0.4 is 5.32 Å². The summed E-state index contributed by atoms with van der Waals surface area (Å²) in [5.41, 5.74) is -0.582. The first kappa shape index (κ1) is 15.5. The predicted molar refractivity (Wildman–Crippen MR) is 64.1 cm³/mol. The van der Waals surface area contributed by atoms with Gasteiger partial charge in [0.25, 0.3) is 5.91 Å². The summed E-state index contributed by atoms with van der Waals surface area (Å²) in [5, 5.41) is 11.5. The lowest BCUT2D eigenvalue weighted by atomic mass is 10.0. The molecule has 106 valence electrons. The molecule has 0 aromatic heterocycles. The minimum atomic E-state index is -1.68. The summed E-state index contributed by atoms with van der Waals surface area (Å²) < 4.78 is 39.1. The molecular weight excluding hydrogens is 259 g/mol. The number of rotatable bonds is 5. The molecule has 0 aliphatic rings. The van der Waals surface area contributed by atoms with Gasteiger partial charge >= 0.3 is 0 Å². The van der Waals surface area contributed by atoms with Crippen molar-refractivity contribution in [2.45, 2.75) is 26.3 Å². The van der Waals surface area contributed by atoms with E-state index in [-0.39, 0.29) is 12.5 Å². The molecule has 0 bridgehead atoms. The topological polar surface area (TPSA) is 49.3 Å². The molecule has 1 amide bonds. The number of hydrogen-bond donors (Lipinski definition) is 2. The highest BCUT2D eigenvalue weighted by Crippen LogP contribution is 2.15. The van der Waals surface area contributed by atoms with Crippen LogP contribution >= 0.6 is 0 Å². The maximum atomic E-state index is 13.4. The van der Waals surface area contributed by atoms with Crippen molar-refractivity contribution in [2.24, 2.45) is 5.92 Å². The second-order valence-electron chi connectivity index (χ2n) is 4.71. The van der Waals surface area contributed by atoms with E-state index in [0.717, 1.165) is 6.07 Å². The quantitative estimate of drug-likeness (QED) is 0.810. The van der Waals surface area contributed by atoms with Gasteiger partial charge in [-0.25, -0.2) is 13.2 Å². The van der Waals surface area contributed by atoms with Gasteiger partial charge in [0.1, 0.15) is 0 Å². The van der Waals surface area contributed by atoms with E-state index >= 15 is 0 Å². The van der Waals surface area contributed by atoms with Crippen molar-refractivity contribution < 1.29 is 23.1 Å². The molecule has 0 heterocycles. The molecule has 6 heteroatoms. The maximum Gasteiger partial charge on any atom is 0.254 e. The number of hydrogen-bond acceptors (Lipinski definition) is 2. The van der Waals surface area contributed by atoms with Crippen molar-refractivity contribution in [1.29, 1.82) is 0 Å². The summed E-state index contributed by atoms with van der Waals surface area (Å²) in [6.07, 6.45) is 0.494. The highest BCUT2D eigenvalue weighted by atomic mass is 19.2. The van der Waals surface area contributed by atoms with Crippen LogP contribution in [0.1, 0.15) is 30.6 Å². The average Bonchev–Trinajstić information content (AvgIpc) is 2.34. The second-order valence-corrected chi connectivity index (χ2v) is 4.71. The number of halogens is 3. The molecule has 1 unspecified atom stereocenters. The Morgan fingerprint density at radius 2 is 1.89 bits per heavy atom. The minimum absolute atomic E-state index is 0.215. The molecular formula is C13H16F3NO2. The third-order valence-corrected chi connectivity index (χ3v) is 2.59. The summed E-state index contributed by atoms with van der Waals surface area (Å²) in [4.78, 5) is 11.7. The molecule has 0 aliphatic heterocycles. The van der Waals surface area contributed by atoms with Crippen LogP contribution in [0.3, 0.4) is 0 Å². The standard InChI is InChI=1S/C13H16F3NO2/c1-7(2)5-8(6-18)17-13(19)9-3-4-10(14)12(16)11(9)15/h3-4,7-8,18H,5-6H2,1-2H3,(H,17,19). The Bertz CT molecular complexity index is 463. The first-order valence-corrected chi connectivity index (χ1v) is 5.92. The van der Waals surface area contributed by atoms with Crippen LogP contribution in [0, 0.1) is 23.4 Å². The Kier molecular flexibility index (Phi) is 5.35. The summed E-state index contributed by atoms with van der Waals surface area (Å²) in [7, 11) is 0. The molecule has 2 N–H and O–H groups in total. The number of carbonyl (C=O) groups is 1. The van der Waals surface area contributed by atoms with E-state index < -0.39 is 35.0 Å². The highest BCUT2D eigenvalue weighted by Gasteiger charge is 2.21. The summed E-state index contributed by atoms with van der Waals surface area (Å²) in [5.74, 6) is -5.23. The van der Waals surface area contributed by atoms with Gasteiger partial charge in [-0.3, -0.25) is 4.79 Å². The molecule has 3 nitrogen and oxygen atoms in total. The van der Waals surface area contributed by atoms with Crippen molar-refractivity contribution in [3.05, 3.63) is 35.1 Å². The van der Waals surface area contributed by atoms with Crippen LogP contribution in [-0.4, -0.2) is 23.7 Å². The van der Waals surface area contributed by atoms with Gasteiger partial charge in [0.05, 0.1) is 18.2 Å². The van der Waals surface area contributed by atoms with Gasteiger partial charge in [-0.05, 0) is 24.5 Å². The lowest BCUT2D eigenvalue weighted by Gasteiger charge is -2.18. The number of amides is 1. The van der Waals surface area contributed by atoms with Crippen LogP contribution in [0.25, 0.3) is 0 Å². The molecule has 19 heavy (non-hydrogen) atoms. The van der Waals surface area contributed by atoms with E-state index in [4.69, 9.17) is 5.11 Å². The van der Waals surface area contributed by atoms with Crippen LogP contribution in [0.5, 0.6) is 0 Å². The molecule has 0 saturated carbocycles. The van der Waals surface area contributed by atoms with Gasteiger partial charge in [-0.2, -0.15) is 0 Å². The van der Waals surface area contributed by atoms with Gasteiger partial charge in [0.15, 0.2) is 17.5 Å². The van der Waals surface area contributed by atoms with Crippen molar-refractivity contribution in [2.75, 3.05) is 6.61 Å². The van der Waals surface area contributed by atoms with E-state index in [0.29, 0.717) is 12.5 Å². The van der Waals surface area contributed by atoms with Gasteiger partial charge < -0.3 is 10.4 Å².